The predicted molar refractivity (Wildman–Crippen MR) is 142 cm³/mol. The van der Waals surface area contributed by atoms with E-state index in [4.69, 9.17) is 4.74 Å². The third-order valence-electron chi connectivity index (χ3n) is 7.47. The number of benzene rings is 1. The molecule has 1 aromatic heterocycles. The van der Waals surface area contributed by atoms with Crippen molar-refractivity contribution in [1.29, 1.82) is 0 Å². The van der Waals surface area contributed by atoms with E-state index >= 15 is 0 Å². The Bertz CT molecular complexity index is 1000. The summed E-state index contributed by atoms with van der Waals surface area (Å²) in [6.45, 7) is 10.8. The van der Waals surface area contributed by atoms with E-state index in [0.29, 0.717) is 5.92 Å². The molecule has 3 aliphatic rings. The summed E-state index contributed by atoms with van der Waals surface area (Å²) in [5, 5.41) is 13.1. The van der Waals surface area contributed by atoms with E-state index in [1.54, 1.807) is 0 Å². The van der Waals surface area contributed by atoms with Gasteiger partial charge in [-0.25, -0.2) is 4.68 Å². The van der Waals surface area contributed by atoms with Crippen LogP contribution >= 0.6 is 0 Å². The highest BCUT2D eigenvalue weighted by molar-refractivity contribution is 5.48. The number of aromatic nitrogens is 4. The first-order chi connectivity index (χ1) is 17.9. The fourth-order valence-corrected chi connectivity index (χ4v) is 5.44. The summed E-state index contributed by atoms with van der Waals surface area (Å²) in [4.78, 5) is 7.62. The summed E-state index contributed by atoms with van der Waals surface area (Å²) in [5.41, 5.74) is 1.26. The molecule has 8 nitrogen and oxygen atoms in total. The van der Waals surface area contributed by atoms with Crippen LogP contribution in [0.2, 0.25) is 0 Å². The molecule has 5 rings (SSSR count). The second-order valence-electron chi connectivity index (χ2n) is 9.87. The summed E-state index contributed by atoms with van der Waals surface area (Å²) in [5.74, 6) is 1.41. The van der Waals surface area contributed by atoms with E-state index in [1.807, 2.05) is 0 Å². The molecule has 3 heterocycles. The fraction of sp³-hybridized carbons (Fsp3) is 0.536. The van der Waals surface area contributed by atoms with Gasteiger partial charge in [0.05, 0.1) is 19.3 Å². The standard InChI is InChI=1S/C28H39N7O/c1-3-9-25(10-4-1)11-7-14-32-17-19-34(20-18-32)27(26-12-5-2-6-13-26)28-29-30-31-35(28)16-8-15-33-21-23-36-24-22-33/h1-7,9-12,26-27H,8,13-24H2/b11-7+/t26?,27-/m0/s1. The molecule has 0 spiro atoms. The number of morpholine rings is 1. The molecule has 2 atom stereocenters. The second-order valence-corrected chi connectivity index (χ2v) is 9.87. The maximum atomic E-state index is 5.48. The van der Waals surface area contributed by atoms with Crippen LogP contribution in [0, 0.1) is 5.92 Å². The Labute approximate surface area is 214 Å². The highest BCUT2D eigenvalue weighted by Crippen LogP contribution is 2.33. The van der Waals surface area contributed by atoms with Gasteiger partial charge in [0.25, 0.3) is 0 Å². The molecule has 1 unspecified atom stereocenters. The smallest absolute Gasteiger partial charge is 0.169 e. The van der Waals surface area contributed by atoms with Gasteiger partial charge in [0.1, 0.15) is 0 Å². The number of allylic oxidation sites excluding steroid dienone is 3. The molecule has 2 saturated heterocycles. The molecule has 0 saturated carbocycles. The summed E-state index contributed by atoms with van der Waals surface area (Å²) in [7, 11) is 0. The minimum Gasteiger partial charge on any atom is -0.379 e. The van der Waals surface area contributed by atoms with Gasteiger partial charge in [-0.05, 0) is 28.8 Å². The molecule has 8 heteroatoms. The summed E-state index contributed by atoms with van der Waals surface area (Å²) in [6, 6.07) is 10.7. The van der Waals surface area contributed by atoms with Crippen molar-refractivity contribution in [1.82, 2.24) is 34.9 Å². The zero-order valence-electron chi connectivity index (χ0n) is 21.2. The van der Waals surface area contributed by atoms with E-state index < -0.39 is 0 Å². The first kappa shape index (κ1) is 25.0. The first-order valence-electron chi connectivity index (χ1n) is 13.4. The number of aryl methyl sites for hydroxylation is 1. The number of nitrogens with zero attached hydrogens (tertiary/aromatic N) is 7. The number of ether oxygens (including phenoxy) is 1. The molecule has 2 fully saturated rings. The Balaban J connectivity index is 1.20. The highest BCUT2D eigenvalue weighted by atomic mass is 16.5. The van der Waals surface area contributed by atoms with Gasteiger partial charge in [0.2, 0.25) is 0 Å². The van der Waals surface area contributed by atoms with Crippen LogP contribution < -0.4 is 0 Å². The zero-order chi connectivity index (χ0) is 24.4. The maximum absolute atomic E-state index is 5.48. The van der Waals surface area contributed by atoms with Crippen molar-refractivity contribution in [3.8, 4) is 0 Å². The van der Waals surface area contributed by atoms with Crippen molar-refractivity contribution < 1.29 is 4.74 Å². The minimum absolute atomic E-state index is 0.201. The summed E-state index contributed by atoms with van der Waals surface area (Å²) in [6.07, 6.45) is 15.5. The van der Waals surface area contributed by atoms with Gasteiger partial charge in [0, 0.05) is 64.8 Å². The average molecular weight is 490 g/mol. The summed E-state index contributed by atoms with van der Waals surface area (Å²) < 4.78 is 7.54. The van der Waals surface area contributed by atoms with Crippen molar-refractivity contribution in [2.45, 2.75) is 25.4 Å². The molecule has 0 radical (unpaired) electrons. The van der Waals surface area contributed by atoms with Crippen LogP contribution in [0.4, 0.5) is 0 Å². The van der Waals surface area contributed by atoms with Crippen LogP contribution in [0.5, 0.6) is 0 Å². The van der Waals surface area contributed by atoms with Gasteiger partial charge in [-0.15, -0.1) is 5.10 Å². The van der Waals surface area contributed by atoms with E-state index in [2.05, 4.69) is 102 Å². The lowest BCUT2D eigenvalue weighted by atomic mass is 9.90. The van der Waals surface area contributed by atoms with Crippen LogP contribution in [-0.4, -0.2) is 100 Å². The fourth-order valence-electron chi connectivity index (χ4n) is 5.44. The molecule has 1 aromatic carbocycles. The normalized spacial score (nSPS) is 22.9. The lowest BCUT2D eigenvalue weighted by Gasteiger charge is -2.41. The van der Waals surface area contributed by atoms with Gasteiger partial charge in [-0.3, -0.25) is 14.7 Å². The van der Waals surface area contributed by atoms with Crippen LogP contribution in [0.1, 0.15) is 30.3 Å². The van der Waals surface area contributed by atoms with Crippen molar-refractivity contribution in [2.75, 3.05) is 65.6 Å². The van der Waals surface area contributed by atoms with Crippen LogP contribution in [0.15, 0.2) is 60.7 Å². The van der Waals surface area contributed by atoms with Crippen LogP contribution in [0.25, 0.3) is 6.08 Å². The number of piperazine rings is 1. The van der Waals surface area contributed by atoms with Gasteiger partial charge in [-0.1, -0.05) is 66.8 Å². The Hall–Kier alpha value is -2.65. The largest absolute Gasteiger partial charge is 0.379 e. The number of hydrogen-bond acceptors (Lipinski definition) is 7. The topological polar surface area (TPSA) is 62.6 Å². The van der Waals surface area contributed by atoms with Crippen LogP contribution in [-0.2, 0) is 11.3 Å². The number of tetrazole rings is 1. The Kier molecular flexibility index (Phi) is 9.07. The van der Waals surface area contributed by atoms with E-state index in [9.17, 15) is 0 Å². The maximum Gasteiger partial charge on any atom is 0.169 e. The van der Waals surface area contributed by atoms with Crippen molar-refractivity contribution in [3.63, 3.8) is 0 Å². The van der Waals surface area contributed by atoms with E-state index in [0.717, 1.165) is 90.8 Å². The minimum atomic E-state index is 0.201. The molecule has 36 heavy (non-hydrogen) atoms. The monoisotopic (exact) mass is 489 g/mol. The Morgan fingerprint density at radius 1 is 0.944 bits per heavy atom. The third kappa shape index (κ3) is 6.76. The average Bonchev–Trinajstić information content (AvgIpc) is 3.39. The Morgan fingerprint density at radius 2 is 1.78 bits per heavy atom. The van der Waals surface area contributed by atoms with Gasteiger partial charge < -0.3 is 4.74 Å². The molecule has 2 aliphatic heterocycles. The molecular weight excluding hydrogens is 450 g/mol. The SMILES string of the molecule is C1=CCC([C@@H](c2nnnn2CCCN2CCOCC2)N2CCN(C/C=C/c3ccccc3)CC2)C=C1. The number of hydrogen-bond donors (Lipinski definition) is 0. The van der Waals surface area contributed by atoms with E-state index in [-0.39, 0.29) is 6.04 Å². The van der Waals surface area contributed by atoms with Crippen LogP contribution in [0.3, 0.4) is 0 Å². The molecule has 0 N–H and O–H groups in total. The molecule has 2 aromatic rings. The lowest BCUT2D eigenvalue weighted by Crippen LogP contribution is -2.49. The van der Waals surface area contributed by atoms with Crippen molar-refractivity contribution in [2.24, 2.45) is 5.92 Å². The van der Waals surface area contributed by atoms with Gasteiger partial charge >= 0.3 is 0 Å². The molecule has 192 valence electrons. The highest BCUT2D eigenvalue weighted by Gasteiger charge is 2.34. The third-order valence-corrected chi connectivity index (χ3v) is 7.47. The molecule has 0 amide bonds. The Morgan fingerprint density at radius 3 is 2.56 bits per heavy atom. The molecular formula is C28H39N7O. The van der Waals surface area contributed by atoms with Gasteiger partial charge in [0.15, 0.2) is 5.82 Å². The quantitative estimate of drug-likeness (QED) is 0.509. The van der Waals surface area contributed by atoms with E-state index in [1.165, 1.54) is 5.56 Å². The number of rotatable bonds is 10. The van der Waals surface area contributed by atoms with Gasteiger partial charge in [-0.2, -0.15) is 0 Å². The summed E-state index contributed by atoms with van der Waals surface area (Å²) >= 11 is 0. The molecule has 1 aliphatic carbocycles. The molecule has 0 bridgehead atoms. The van der Waals surface area contributed by atoms with Crippen molar-refractivity contribution in [3.05, 3.63) is 72.1 Å². The van der Waals surface area contributed by atoms with Crippen molar-refractivity contribution >= 4 is 6.08 Å². The zero-order valence-corrected chi connectivity index (χ0v) is 21.2. The lowest BCUT2D eigenvalue weighted by molar-refractivity contribution is 0.0366. The second kappa shape index (κ2) is 13.1. The predicted octanol–water partition coefficient (Wildman–Crippen LogP) is 2.90. The first-order valence-corrected chi connectivity index (χ1v) is 13.4.